The van der Waals surface area contributed by atoms with Gasteiger partial charge in [-0.3, -0.25) is 14.5 Å². The van der Waals surface area contributed by atoms with Crippen LogP contribution in [0, 0.1) is 12.7 Å². The summed E-state index contributed by atoms with van der Waals surface area (Å²) >= 11 is 0. The second-order valence-electron chi connectivity index (χ2n) is 8.51. The Hall–Kier alpha value is -4.99. The van der Waals surface area contributed by atoms with Crippen molar-refractivity contribution in [2.24, 2.45) is 0 Å². The molecule has 5 rings (SSSR count). The van der Waals surface area contributed by atoms with E-state index in [2.05, 4.69) is 9.97 Å². The molecule has 3 N–H and O–H groups in total. The molecule has 1 aromatic heterocycles. The number of anilines is 1. The number of aromatic nitrogens is 2. The van der Waals surface area contributed by atoms with Gasteiger partial charge in [-0.25, -0.2) is 14.2 Å². The molecule has 9 nitrogen and oxygen atoms in total. The zero-order valence-electron chi connectivity index (χ0n) is 19.7. The molecule has 0 aliphatic carbocycles. The number of Topliss-reactive ketones (excluding diaryl/α,β-unsaturated/α-hetero) is 1. The molecule has 0 spiro atoms. The fraction of sp³-hybridized carbons (Fsp3) is 0.111. The Kier molecular flexibility index (Phi) is 5.71. The van der Waals surface area contributed by atoms with Crippen molar-refractivity contribution in [1.82, 2.24) is 9.97 Å². The van der Waals surface area contributed by atoms with Gasteiger partial charge in [-0.15, -0.1) is 0 Å². The number of carbonyl (C=O) groups is 3. The Morgan fingerprint density at radius 1 is 1.05 bits per heavy atom. The predicted molar refractivity (Wildman–Crippen MR) is 132 cm³/mol. The van der Waals surface area contributed by atoms with Gasteiger partial charge in [0.15, 0.2) is 0 Å². The van der Waals surface area contributed by atoms with E-state index in [0.29, 0.717) is 22.3 Å². The maximum Gasteiger partial charge on any atom is 0.335 e. The molecule has 1 aliphatic rings. The Labute approximate surface area is 209 Å². The van der Waals surface area contributed by atoms with Crippen LogP contribution in [0.25, 0.3) is 16.8 Å². The first-order valence-electron chi connectivity index (χ1n) is 11.1. The summed E-state index contributed by atoms with van der Waals surface area (Å²) in [5, 5.41) is 20.5. The third-order valence-corrected chi connectivity index (χ3v) is 6.23. The molecule has 1 fully saturated rings. The molecule has 1 unspecified atom stereocenters. The molecule has 0 saturated carbocycles. The lowest BCUT2D eigenvalue weighted by molar-refractivity contribution is -0.132. The van der Waals surface area contributed by atoms with Crippen molar-refractivity contribution < 1.29 is 33.7 Å². The number of ether oxygens (including phenoxy) is 1. The van der Waals surface area contributed by atoms with Gasteiger partial charge in [0.1, 0.15) is 17.3 Å². The summed E-state index contributed by atoms with van der Waals surface area (Å²) in [6, 6.07) is 13.6. The standard InChI is InChI=1S/C27H20FN3O6/c1-13-10-15(6-8-18(13)28)23(32)21-22(14-4-3-5-17(11-14)37-2)31(25(34)24(21)33)27-29-19-9-7-16(26(35)36)12-20(19)30-27/h3-12,22,32H,1-2H3,(H,29,30)(H,35,36)/b23-21+. The SMILES string of the molecule is COc1cccc(C2/C(=C(\O)c3ccc(F)c(C)c3)C(=O)C(=O)N2c2nc3ccc(C(=O)O)cc3[nH]2)c1. The molecule has 0 radical (unpaired) electrons. The van der Waals surface area contributed by atoms with E-state index < -0.39 is 35.3 Å². The van der Waals surface area contributed by atoms with Gasteiger partial charge in [-0.2, -0.15) is 0 Å². The second-order valence-corrected chi connectivity index (χ2v) is 8.51. The number of nitrogens with zero attached hydrogens (tertiary/aromatic N) is 2. The fourth-order valence-corrected chi connectivity index (χ4v) is 4.37. The summed E-state index contributed by atoms with van der Waals surface area (Å²) in [5.74, 6) is -3.56. The topological polar surface area (TPSA) is 133 Å². The first kappa shape index (κ1) is 23.7. The summed E-state index contributed by atoms with van der Waals surface area (Å²) in [6.07, 6.45) is 0. The highest BCUT2D eigenvalue weighted by Gasteiger charge is 2.48. The van der Waals surface area contributed by atoms with E-state index in [9.17, 15) is 29.0 Å². The first-order valence-corrected chi connectivity index (χ1v) is 11.1. The number of benzene rings is 3. The summed E-state index contributed by atoms with van der Waals surface area (Å²) < 4.78 is 19.2. The Morgan fingerprint density at radius 3 is 2.51 bits per heavy atom. The number of aromatic carboxylic acids is 1. The van der Waals surface area contributed by atoms with Gasteiger partial charge in [-0.1, -0.05) is 12.1 Å². The molecule has 0 bridgehead atoms. The maximum absolute atomic E-state index is 13.9. The van der Waals surface area contributed by atoms with E-state index in [-0.39, 0.29) is 28.2 Å². The number of aryl methyl sites for hydroxylation is 1. The number of aliphatic hydroxyl groups excluding tert-OH is 1. The normalized spacial score (nSPS) is 16.9. The number of carbonyl (C=O) groups excluding carboxylic acids is 2. The van der Waals surface area contributed by atoms with Crippen molar-refractivity contribution in [2.75, 3.05) is 12.0 Å². The number of nitrogens with one attached hydrogen (secondary N) is 1. The Morgan fingerprint density at radius 2 is 1.81 bits per heavy atom. The van der Waals surface area contributed by atoms with Crippen molar-refractivity contribution >= 4 is 40.4 Å². The number of fused-ring (bicyclic) bond motifs is 1. The molecule has 186 valence electrons. The number of carboxylic acids is 1. The van der Waals surface area contributed by atoms with Crippen LogP contribution in [0.15, 0.2) is 66.2 Å². The minimum Gasteiger partial charge on any atom is -0.507 e. The first-order chi connectivity index (χ1) is 17.7. The van der Waals surface area contributed by atoms with Crippen LogP contribution in [-0.4, -0.2) is 45.0 Å². The molecular weight excluding hydrogens is 481 g/mol. The van der Waals surface area contributed by atoms with Crippen LogP contribution >= 0.6 is 0 Å². The van der Waals surface area contributed by atoms with E-state index >= 15 is 0 Å². The average Bonchev–Trinajstić information content (AvgIpc) is 3.42. The van der Waals surface area contributed by atoms with Crippen molar-refractivity contribution in [2.45, 2.75) is 13.0 Å². The predicted octanol–water partition coefficient (Wildman–Crippen LogP) is 4.34. The van der Waals surface area contributed by atoms with Gasteiger partial charge in [0, 0.05) is 5.56 Å². The third kappa shape index (κ3) is 3.98. The van der Waals surface area contributed by atoms with Crippen molar-refractivity contribution in [3.63, 3.8) is 0 Å². The molecule has 2 heterocycles. The number of halogens is 1. The Balaban J connectivity index is 1.73. The number of carboxylic acid groups (broad SMARTS) is 1. The zero-order valence-corrected chi connectivity index (χ0v) is 19.7. The van der Waals surface area contributed by atoms with Crippen molar-refractivity contribution in [1.29, 1.82) is 0 Å². The molecule has 10 heteroatoms. The second kappa shape index (κ2) is 8.90. The summed E-state index contributed by atoms with van der Waals surface area (Å²) in [7, 11) is 1.47. The van der Waals surface area contributed by atoms with Gasteiger partial charge in [-0.05, 0) is 66.6 Å². The smallest absolute Gasteiger partial charge is 0.335 e. The van der Waals surface area contributed by atoms with Crippen molar-refractivity contribution in [3.05, 3.63) is 94.3 Å². The number of imidazole rings is 1. The maximum atomic E-state index is 13.9. The highest BCUT2D eigenvalue weighted by Crippen LogP contribution is 2.42. The summed E-state index contributed by atoms with van der Waals surface area (Å²) in [6.45, 7) is 1.52. The molecular formula is C27H20FN3O6. The van der Waals surface area contributed by atoms with Crippen LogP contribution in [-0.2, 0) is 9.59 Å². The summed E-state index contributed by atoms with van der Waals surface area (Å²) in [5.41, 5.74) is 1.39. The molecule has 37 heavy (non-hydrogen) atoms. The lowest BCUT2D eigenvalue weighted by atomic mass is 9.94. The minimum atomic E-state index is -1.13. The van der Waals surface area contributed by atoms with Gasteiger partial charge in [0.05, 0.1) is 35.3 Å². The number of amides is 1. The fourth-order valence-electron chi connectivity index (χ4n) is 4.37. The number of methoxy groups -OCH3 is 1. The van der Waals surface area contributed by atoms with E-state index in [4.69, 9.17) is 4.74 Å². The molecule has 1 aliphatic heterocycles. The van der Waals surface area contributed by atoms with Crippen LogP contribution in [0.2, 0.25) is 0 Å². The quantitative estimate of drug-likeness (QED) is 0.210. The Bertz CT molecular complexity index is 1640. The molecule has 1 amide bonds. The largest absolute Gasteiger partial charge is 0.507 e. The lowest BCUT2D eigenvalue weighted by Gasteiger charge is -2.23. The number of H-pyrrole nitrogens is 1. The number of hydrogen-bond acceptors (Lipinski definition) is 6. The molecule has 1 atom stereocenters. The van der Waals surface area contributed by atoms with Gasteiger partial charge < -0.3 is 19.9 Å². The molecule has 1 saturated heterocycles. The van der Waals surface area contributed by atoms with E-state index in [1.807, 2.05) is 0 Å². The van der Waals surface area contributed by atoms with Crippen LogP contribution in [0.3, 0.4) is 0 Å². The monoisotopic (exact) mass is 501 g/mol. The zero-order chi connectivity index (χ0) is 26.4. The van der Waals surface area contributed by atoms with Crippen LogP contribution in [0.4, 0.5) is 10.3 Å². The lowest BCUT2D eigenvalue weighted by Crippen LogP contribution is -2.30. The van der Waals surface area contributed by atoms with E-state index in [0.717, 1.165) is 4.90 Å². The van der Waals surface area contributed by atoms with Gasteiger partial charge in [0.25, 0.3) is 5.78 Å². The van der Waals surface area contributed by atoms with Crippen molar-refractivity contribution in [3.8, 4) is 5.75 Å². The third-order valence-electron chi connectivity index (χ3n) is 6.23. The molecule has 4 aromatic rings. The van der Waals surface area contributed by atoms with E-state index in [1.165, 1.54) is 50.4 Å². The minimum absolute atomic E-state index is 0.0122. The van der Waals surface area contributed by atoms with E-state index in [1.54, 1.807) is 24.3 Å². The van der Waals surface area contributed by atoms with Crippen LogP contribution < -0.4 is 9.64 Å². The highest BCUT2D eigenvalue weighted by atomic mass is 19.1. The van der Waals surface area contributed by atoms with Crippen LogP contribution in [0.1, 0.15) is 33.1 Å². The number of rotatable bonds is 5. The number of aliphatic hydroxyl groups is 1. The van der Waals surface area contributed by atoms with Crippen LogP contribution in [0.5, 0.6) is 5.75 Å². The summed E-state index contributed by atoms with van der Waals surface area (Å²) in [4.78, 5) is 46.5. The number of hydrogen-bond donors (Lipinski definition) is 3. The number of ketones is 1. The number of aromatic amines is 1. The van der Waals surface area contributed by atoms with Gasteiger partial charge >= 0.3 is 11.9 Å². The van der Waals surface area contributed by atoms with Gasteiger partial charge in [0.2, 0.25) is 5.95 Å². The highest BCUT2D eigenvalue weighted by molar-refractivity contribution is 6.51. The average molecular weight is 501 g/mol. The molecule has 3 aromatic carbocycles.